The fourth-order valence-electron chi connectivity index (χ4n) is 5.51. The number of rotatable bonds is 6. The standard InChI is InChI=1S/C21H36N6O5S/c1-24(17-8-4-2-5-9-17)33(31,32)26-14-12-25(13-15-26)16-18(28)23-27-19(29)21(22-20(27)30)10-6-3-7-11-21/h17H,2-16H2,1H3,(H,22,30)(H,23,28). The number of nitrogens with zero attached hydrogens (tertiary/aromatic N) is 4. The zero-order valence-corrected chi connectivity index (χ0v) is 20.2. The van der Waals surface area contributed by atoms with Gasteiger partial charge in [-0.2, -0.15) is 22.0 Å². The van der Waals surface area contributed by atoms with Crippen molar-refractivity contribution in [1.82, 2.24) is 29.3 Å². The second kappa shape index (κ2) is 9.85. The van der Waals surface area contributed by atoms with E-state index in [9.17, 15) is 22.8 Å². The van der Waals surface area contributed by atoms with Crippen LogP contribution in [0.25, 0.3) is 0 Å². The topological polar surface area (TPSA) is 122 Å². The minimum absolute atomic E-state index is 0.00356. The van der Waals surface area contributed by atoms with Gasteiger partial charge in [0, 0.05) is 39.3 Å². The van der Waals surface area contributed by atoms with E-state index in [1.807, 2.05) is 4.90 Å². The number of carbonyl (C=O) groups is 3. The molecule has 2 aliphatic heterocycles. The van der Waals surface area contributed by atoms with Gasteiger partial charge in [-0.05, 0) is 25.7 Å². The van der Waals surface area contributed by atoms with Crippen molar-refractivity contribution < 1.29 is 22.8 Å². The average Bonchev–Trinajstić information content (AvgIpc) is 3.03. The Kier molecular flexibility index (Phi) is 7.27. The first-order chi connectivity index (χ1) is 15.7. The Balaban J connectivity index is 1.26. The lowest BCUT2D eigenvalue weighted by molar-refractivity contribution is -0.140. The number of hydrogen-bond acceptors (Lipinski definition) is 6. The molecule has 0 aromatic carbocycles. The van der Waals surface area contributed by atoms with Gasteiger partial charge in [0.15, 0.2) is 0 Å². The molecule has 2 heterocycles. The van der Waals surface area contributed by atoms with Gasteiger partial charge in [-0.25, -0.2) is 4.79 Å². The first-order valence-corrected chi connectivity index (χ1v) is 13.5. The third-order valence-electron chi connectivity index (χ3n) is 7.58. The van der Waals surface area contributed by atoms with Crippen molar-refractivity contribution in [1.29, 1.82) is 0 Å². The number of urea groups is 1. The zero-order chi connectivity index (χ0) is 23.6. The van der Waals surface area contributed by atoms with E-state index in [4.69, 9.17) is 0 Å². The third kappa shape index (κ3) is 5.03. The number of nitrogens with one attached hydrogen (secondary N) is 2. The molecule has 0 bridgehead atoms. The largest absolute Gasteiger partial charge is 0.344 e. The molecule has 0 aromatic heterocycles. The van der Waals surface area contributed by atoms with Gasteiger partial charge >= 0.3 is 6.03 Å². The zero-order valence-electron chi connectivity index (χ0n) is 19.4. The van der Waals surface area contributed by atoms with Crippen LogP contribution in [0.5, 0.6) is 0 Å². The highest BCUT2D eigenvalue weighted by atomic mass is 32.2. The highest BCUT2D eigenvalue weighted by Gasteiger charge is 2.52. The molecule has 4 fully saturated rings. The van der Waals surface area contributed by atoms with Crippen LogP contribution in [0.1, 0.15) is 64.2 Å². The summed E-state index contributed by atoms with van der Waals surface area (Å²) in [5, 5.41) is 3.58. The molecule has 12 heteroatoms. The van der Waals surface area contributed by atoms with Crippen molar-refractivity contribution in [2.75, 3.05) is 39.8 Å². The van der Waals surface area contributed by atoms with E-state index in [1.165, 1.54) is 8.61 Å². The fourth-order valence-corrected chi connectivity index (χ4v) is 7.09. The molecule has 11 nitrogen and oxygen atoms in total. The molecule has 0 radical (unpaired) electrons. The second-order valence-electron chi connectivity index (χ2n) is 9.74. The molecule has 2 N–H and O–H groups in total. The van der Waals surface area contributed by atoms with Gasteiger partial charge in [0.25, 0.3) is 22.0 Å². The third-order valence-corrected chi connectivity index (χ3v) is 9.63. The second-order valence-corrected chi connectivity index (χ2v) is 11.7. The first-order valence-electron chi connectivity index (χ1n) is 12.1. The van der Waals surface area contributed by atoms with E-state index in [2.05, 4.69) is 10.7 Å². The summed E-state index contributed by atoms with van der Waals surface area (Å²) >= 11 is 0. The van der Waals surface area contributed by atoms with Crippen LogP contribution in [0.3, 0.4) is 0 Å². The van der Waals surface area contributed by atoms with Gasteiger partial charge in [-0.1, -0.05) is 38.5 Å². The van der Waals surface area contributed by atoms with Crippen molar-refractivity contribution in [3.63, 3.8) is 0 Å². The average molecular weight is 485 g/mol. The Hall–Kier alpha value is -1.76. The molecule has 2 saturated heterocycles. The molecule has 4 rings (SSSR count). The molecular formula is C21H36N6O5S. The first kappa shape index (κ1) is 24.4. The van der Waals surface area contributed by atoms with E-state index in [0.29, 0.717) is 39.0 Å². The quantitative estimate of drug-likeness (QED) is 0.526. The summed E-state index contributed by atoms with van der Waals surface area (Å²) < 4.78 is 29.1. The Labute approximate surface area is 196 Å². The van der Waals surface area contributed by atoms with Gasteiger partial charge in [-0.3, -0.25) is 19.9 Å². The molecule has 4 amide bonds. The summed E-state index contributed by atoms with van der Waals surface area (Å²) in [6.45, 7) is 1.43. The highest BCUT2D eigenvalue weighted by Crippen LogP contribution is 2.33. The lowest BCUT2D eigenvalue weighted by atomic mass is 9.82. The molecule has 33 heavy (non-hydrogen) atoms. The Morgan fingerprint density at radius 1 is 1.03 bits per heavy atom. The number of imide groups is 1. The van der Waals surface area contributed by atoms with Gasteiger partial charge < -0.3 is 5.32 Å². The van der Waals surface area contributed by atoms with Gasteiger partial charge in [0.2, 0.25) is 0 Å². The lowest BCUT2D eigenvalue weighted by Crippen LogP contribution is -2.56. The number of amides is 4. The summed E-state index contributed by atoms with van der Waals surface area (Å²) in [7, 11) is -1.86. The van der Waals surface area contributed by atoms with Crippen molar-refractivity contribution in [3.8, 4) is 0 Å². The summed E-state index contributed by atoms with van der Waals surface area (Å²) in [5.74, 6) is -0.843. The van der Waals surface area contributed by atoms with Gasteiger partial charge in [0.05, 0.1) is 6.54 Å². The van der Waals surface area contributed by atoms with E-state index >= 15 is 0 Å². The highest BCUT2D eigenvalue weighted by molar-refractivity contribution is 7.86. The van der Waals surface area contributed by atoms with Crippen LogP contribution in [0, 0.1) is 0 Å². The normalized spacial score (nSPS) is 25.6. The molecule has 0 atom stereocenters. The molecule has 4 aliphatic rings. The lowest BCUT2D eigenvalue weighted by Gasteiger charge is -2.38. The van der Waals surface area contributed by atoms with Crippen LogP contribution < -0.4 is 10.7 Å². The molecule has 1 spiro atoms. The predicted octanol–water partition coefficient (Wildman–Crippen LogP) is 0.399. The summed E-state index contributed by atoms with van der Waals surface area (Å²) in [6, 6.07) is -0.527. The molecular weight excluding hydrogens is 448 g/mol. The Morgan fingerprint density at radius 3 is 2.27 bits per heavy atom. The van der Waals surface area contributed by atoms with Crippen LogP contribution >= 0.6 is 0 Å². The summed E-state index contributed by atoms with van der Waals surface area (Å²) in [5.41, 5.74) is 1.57. The van der Waals surface area contributed by atoms with Crippen LogP contribution in [-0.2, 0) is 19.8 Å². The fraction of sp³-hybridized carbons (Fsp3) is 0.857. The smallest absolute Gasteiger partial charge is 0.322 e. The van der Waals surface area contributed by atoms with Crippen molar-refractivity contribution in [2.24, 2.45) is 0 Å². The molecule has 2 saturated carbocycles. The van der Waals surface area contributed by atoms with E-state index in [-0.39, 0.29) is 18.5 Å². The van der Waals surface area contributed by atoms with E-state index < -0.39 is 27.7 Å². The van der Waals surface area contributed by atoms with Gasteiger partial charge in [0.1, 0.15) is 5.54 Å². The monoisotopic (exact) mass is 484 g/mol. The summed E-state index contributed by atoms with van der Waals surface area (Å²) in [6.07, 6.45) is 9.06. The minimum atomic E-state index is -3.53. The van der Waals surface area contributed by atoms with Crippen molar-refractivity contribution >= 4 is 28.1 Å². The number of hydrogen-bond donors (Lipinski definition) is 2. The maximum atomic E-state index is 13.0. The van der Waals surface area contributed by atoms with E-state index in [1.54, 1.807) is 7.05 Å². The Bertz CT molecular complexity index is 860. The molecule has 2 aliphatic carbocycles. The predicted molar refractivity (Wildman–Crippen MR) is 121 cm³/mol. The SMILES string of the molecule is CN(C1CCCCC1)S(=O)(=O)N1CCN(CC(=O)NN2C(=O)NC3(CCCCC3)C2=O)CC1. The van der Waals surface area contributed by atoms with E-state index in [0.717, 1.165) is 56.4 Å². The molecule has 0 unspecified atom stereocenters. The van der Waals surface area contributed by atoms with Crippen molar-refractivity contribution in [2.45, 2.75) is 75.8 Å². The molecule has 186 valence electrons. The van der Waals surface area contributed by atoms with Crippen LogP contribution in [-0.4, -0.2) is 96.1 Å². The number of piperazine rings is 1. The molecule has 0 aromatic rings. The van der Waals surface area contributed by atoms with Crippen LogP contribution in [0.4, 0.5) is 4.79 Å². The maximum Gasteiger partial charge on any atom is 0.344 e. The van der Waals surface area contributed by atoms with Crippen molar-refractivity contribution in [3.05, 3.63) is 0 Å². The van der Waals surface area contributed by atoms with Crippen LogP contribution in [0.15, 0.2) is 0 Å². The minimum Gasteiger partial charge on any atom is -0.322 e. The summed E-state index contributed by atoms with van der Waals surface area (Å²) in [4.78, 5) is 39.5. The van der Waals surface area contributed by atoms with Gasteiger partial charge in [-0.15, -0.1) is 0 Å². The number of carbonyl (C=O) groups excluding carboxylic acids is 3. The maximum absolute atomic E-state index is 13.0. The number of hydrazine groups is 1. The van der Waals surface area contributed by atoms with Crippen LogP contribution in [0.2, 0.25) is 0 Å². The Morgan fingerprint density at radius 2 is 1.64 bits per heavy atom.